The molecule has 8 heteroatoms. The summed E-state index contributed by atoms with van der Waals surface area (Å²) in [5.41, 5.74) is 6.78. The van der Waals surface area contributed by atoms with Crippen LogP contribution in [0.5, 0.6) is 5.75 Å². The predicted octanol–water partition coefficient (Wildman–Crippen LogP) is 3.66. The number of nitrogens with two attached hydrogens (primary N) is 1. The Morgan fingerprint density at radius 3 is 2.53 bits per heavy atom. The van der Waals surface area contributed by atoms with Crippen molar-refractivity contribution in [3.63, 3.8) is 0 Å². The van der Waals surface area contributed by atoms with E-state index < -0.39 is 10.9 Å². The van der Waals surface area contributed by atoms with Gasteiger partial charge in [-0.2, -0.15) is 0 Å². The van der Waals surface area contributed by atoms with Gasteiger partial charge in [0.05, 0.1) is 21.6 Å². The van der Waals surface area contributed by atoms with Crippen LogP contribution >= 0.6 is 11.6 Å². The Labute approximate surface area is 184 Å². The van der Waals surface area contributed by atoms with E-state index >= 15 is 0 Å². The van der Waals surface area contributed by atoms with Crippen molar-refractivity contribution in [2.45, 2.75) is 58.5 Å². The fourth-order valence-corrected chi connectivity index (χ4v) is 4.21. The van der Waals surface area contributed by atoms with Crippen molar-refractivity contribution in [2.75, 3.05) is 0 Å². The second-order valence-electron chi connectivity index (χ2n) is 8.58. The van der Waals surface area contributed by atoms with Crippen LogP contribution in [0.25, 0.3) is 21.7 Å². The molecule has 0 spiro atoms. The van der Waals surface area contributed by atoms with Crippen molar-refractivity contribution in [3.05, 3.63) is 45.5 Å². The lowest BCUT2D eigenvalue weighted by molar-refractivity contribution is 0.134. The molecule has 0 amide bonds. The van der Waals surface area contributed by atoms with Crippen molar-refractivity contribution in [3.8, 4) is 5.75 Å². The maximum atomic E-state index is 13.2. The largest absolute Gasteiger partial charge is 0.503 e. The zero-order valence-electron chi connectivity index (χ0n) is 18.1. The Balaban J connectivity index is 2.22. The van der Waals surface area contributed by atoms with Gasteiger partial charge in [0.2, 0.25) is 0 Å². The summed E-state index contributed by atoms with van der Waals surface area (Å²) in [5.74, 6) is 0.488. The minimum absolute atomic E-state index is 0.157. The van der Waals surface area contributed by atoms with Gasteiger partial charge in [-0.25, -0.2) is 0 Å². The molecule has 2 heterocycles. The van der Waals surface area contributed by atoms with E-state index in [1.807, 2.05) is 33.8 Å². The first-order valence-corrected chi connectivity index (χ1v) is 10.4. The summed E-state index contributed by atoms with van der Waals surface area (Å²) in [6.07, 6.45) is 2.27. The molecule has 2 aromatic heterocycles. The van der Waals surface area contributed by atoms with Gasteiger partial charge < -0.3 is 15.0 Å². The number of hydrogen-bond acceptors (Lipinski definition) is 4. The zero-order valence-corrected chi connectivity index (χ0v) is 18.9. The molecule has 0 aliphatic carbocycles. The average Bonchev–Trinajstić information content (AvgIpc) is 2.62. The Morgan fingerprint density at radius 2 is 1.93 bits per heavy atom. The number of benzene rings is 1. The van der Waals surface area contributed by atoms with Crippen LogP contribution in [0.1, 0.15) is 39.8 Å². The summed E-state index contributed by atoms with van der Waals surface area (Å²) >= 11 is 6.53. The molecule has 0 aliphatic rings. The molecule has 1 aromatic carbocycles. The highest BCUT2D eigenvalue weighted by molar-refractivity contribution is 6.40. The molecule has 0 aliphatic heterocycles. The maximum Gasteiger partial charge on any atom is 0.259 e. The molecule has 5 nitrogen and oxygen atoms in total. The first-order valence-electron chi connectivity index (χ1n) is 10.1. The maximum absolute atomic E-state index is 13.2. The van der Waals surface area contributed by atoms with Gasteiger partial charge >= 0.3 is 0 Å². The quantitative estimate of drug-likeness (QED) is 0.487. The van der Waals surface area contributed by atoms with Gasteiger partial charge in [-0.05, 0) is 56.7 Å². The monoisotopic (exact) mass is 421 g/mol. The Morgan fingerprint density at radius 1 is 1.27 bits per heavy atom. The van der Waals surface area contributed by atoms with E-state index in [4.69, 9.17) is 37.8 Å². The Bertz CT molecular complexity index is 1170. The molecule has 3 aromatic rings. The van der Waals surface area contributed by atoms with E-state index in [9.17, 15) is 4.79 Å². The summed E-state index contributed by atoms with van der Waals surface area (Å²) in [7, 11) is 12.5. The van der Waals surface area contributed by atoms with Gasteiger partial charge in [-0.3, -0.25) is 9.78 Å². The van der Waals surface area contributed by atoms with Crippen molar-refractivity contribution < 1.29 is 4.74 Å². The van der Waals surface area contributed by atoms with E-state index in [-0.39, 0.29) is 17.2 Å². The molecule has 30 heavy (non-hydrogen) atoms. The molecular formula is C22H26B2ClN3O2. The summed E-state index contributed by atoms with van der Waals surface area (Å²) in [6.45, 7) is 10.1. The smallest absolute Gasteiger partial charge is 0.259 e. The number of nitrogens with zero attached hydrogens (tertiary/aromatic N) is 2. The number of pyridine rings is 2. The van der Waals surface area contributed by atoms with Gasteiger partial charge in [0.25, 0.3) is 5.56 Å². The van der Waals surface area contributed by atoms with Crippen molar-refractivity contribution in [1.29, 1.82) is 0 Å². The van der Waals surface area contributed by atoms with Crippen LogP contribution in [0.4, 0.5) is 0 Å². The molecular weight excluding hydrogens is 395 g/mol. The summed E-state index contributed by atoms with van der Waals surface area (Å²) in [5, 5.41) is 0.693. The van der Waals surface area contributed by atoms with Gasteiger partial charge in [0, 0.05) is 29.1 Å². The minimum atomic E-state index is -1.68. The number of halogens is 1. The third-order valence-electron chi connectivity index (χ3n) is 5.53. The third-order valence-corrected chi connectivity index (χ3v) is 5.83. The van der Waals surface area contributed by atoms with E-state index in [1.165, 1.54) is 0 Å². The molecule has 2 N–H and O–H groups in total. The Hall–Kier alpha value is -1.98. The van der Waals surface area contributed by atoms with E-state index in [0.717, 1.165) is 22.0 Å². The fraction of sp³-hybridized carbons (Fsp3) is 0.455. The minimum Gasteiger partial charge on any atom is -0.503 e. The molecule has 4 radical (unpaired) electrons. The van der Waals surface area contributed by atoms with Gasteiger partial charge in [0.15, 0.2) is 0 Å². The van der Waals surface area contributed by atoms with Gasteiger partial charge in [-0.15, -0.1) is 0 Å². The van der Waals surface area contributed by atoms with E-state index in [0.29, 0.717) is 23.4 Å². The first-order chi connectivity index (χ1) is 13.9. The lowest BCUT2D eigenvalue weighted by Gasteiger charge is -2.44. The number of hydrogen-bond donors (Lipinski definition) is 1. The summed E-state index contributed by atoms with van der Waals surface area (Å²) in [4.78, 5) is 17.6. The molecule has 0 saturated heterocycles. The summed E-state index contributed by atoms with van der Waals surface area (Å²) < 4.78 is 7.60. The SMILES string of the molecule is [B]C([B])(Oc1cc2c(=O)n(CC)c3c(C)nccc3c2cc1Cl)C(C)(N)CC(C)C. The molecule has 3 rings (SSSR count). The van der Waals surface area contributed by atoms with Crippen LogP contribution in [0, 0.1) is 12.8 Å². The molecule has 0 fully saturated rings. The Kier molecular flexibility index (Phi) is 6.00. The van der Waals surface area contributed by atoms with Gasteiger partial charge in [0.1, 0.15) is 21.4 Å². The second kappa shape index (κ2) is 7.93. The van der Waals surface area contributed by atoms with Crippen molar-refractivity contribution in [1.82, 2.24) is 9.55 Å². The van der Waals surface area contributed by atoms with E-state index in [1.54, 1.807) is 29.8 Å². The highest BCUT2D eigenvalue weighted by atomic mass is 35.5. The molecule has 0 bridgehead atoms. The number of fused-ring (bicyclic) bond motifs is 3. The standard InChI is InChI=1S/C22H26B2ClN3O2/c1-6-28-19-13(4)27-8-7-14(19)15-9-17(25)18(10-16(15)20(28)29)30-22(23,24)21(5,26)11-12(2)3/h7-10,12H,6,11,26H2,1-5H3. The second-order valence-corrected chi connectivity index (χ2v) is 8.99. The van der Waals surface area contributed by atoms with Crippen LogP contribution in [-0.2, 0) is 6.54 Å². The normalized spacial score (nSPS) is 14.4. The topological polar surface area (TPSA) is 70.1 Å². The number of ether oxygens (including phenoxy) is 1. The number of rotatable bonds is 6. The number of aryl methyl sites for hydroxylation is 2. The summed E-state index contributed by atoms with van der Waals surface area (Å²) in [6, 6.07) is 5.19. The average molecular weight is 422 g/mol. The highest BCUT2D eigenvalue weighted by Gasteiger charge is 2.39. The van der Waals surface area contributed by atoms with Crippen LogP contribution in [0.2, 0.25) is 5.02 Å². The predicted molar refractivity (Wildman–Crippen MR) is 126 cm³/mol. The highest BCUT2D eigenvalue weighted by Crippen LogP contribution is 2.36. The number of aromatic nitrogens is 2. The van der Waals surface area contributed by atoms with Crippen LogP contribution in [0.3, 0.4) is 0 Å². The van der Waals surface area contributed by atoms with Crippen molar-refractivity contribution >= 4 is 49.0 Å². The molecule has 154 valence electrons. The van der Waals surface area contributed by atoms with Crippen LogP contribution in [-0.4, -0.2) is 36.2 Å². The van der Waals surface area contributed by atoms with E-state index in [2.05, 4.69) is 4.98 Å². The molecule has 1 atom stereocenters. The van der Waals surface area contributed by atoms with Crippen LogP contribution in [0.15, 0.2) is 29.2 Å². The van der Waals surface area contributed by atoms with Gasteiger partial charge in [-0.1, -0.05) is 25.4 Å². The lowest BCUT2D eigenvalue weighted by Crippen LogP contribution is -2.63. The molecule has 0 saturated carbocycles. The zero-order chi connectivity index (χ0) is 22.4. The third kappa shape index (κ3) is 3.85. The molecule has 1 unspecified atom stereocenters. The van der Waals surface area contributed by atoms with Crippen molar-refractivity contribution in [2.24, 2.45) is 11.7 Å². The lowest BCUT2D eigenvalue weighted by atomic mass is 9.53. The van der Waals surface area contributed by atoms with Crippen LogP contribution < -0.4 is 16.0 Å². The fourth-order valence-electron chi connectivity index (χ4n) is 4.00. The first kappa shape index (κ1) is 22.7.